The van der Waals surface area contributed by atoms with Gasteiger partial charge in [-0.15, -0.1) is 0 Å². The number of likely N-dealkylation sites (tertiary alicyclic amines) is 1. The summed E-state index contributed by atoms with van der Waals surface area (Å²) >= 11 is 12.0. The molecule has 0 bridgehead atoms. The van der Waals surface area contributed by atoms with Gasteiger partial charge in [-0.2, -0.15) is 0 Å². The van der Waals surface area contributed by atoms with E-state index >= 15 is 0 Å². The molecule has 4 nitrogen and oxygen atoms in total. The molecular weight excluding hydrogens is 333 g/mol. The highest BCUT2D eigenvalue weighted by molar-refractivity contribution is 6.42. The molecule has 3 rings (SSSR count). The molecular formula is C17H23Cl2N3O. The average molecular weight is 356 g/mol. The van der Waals surface area contributed by atoms with E-state index in [4.69, 9.17) is 23.2 Å². The normalized spacial score (nSPS) is 22.5. The fourth-order valence-corrected chi connectivity index (χ4v) is 3.76. The van der Waals surface area contributed by atoms with Crippen LogP contribution in [-0.2, 0) is 11.2 Å². The summed E-state index contributed by atoms with van der Waals surface area (Å²) in [6.07, 6.45) is 2.93. The summed E-state index contributed by atoms with van der Waals surface area (Å²) in [6, 6.07) is 5.69. The minimum atomic E-state index is 0.175. The third kappa shape index (κ3) is 4.38. The van der Waals surface area contributed by atoms with E-state index in [9.17, 15) is 4.79 Å². The van der Waals surface area contributed by atoms with Gasteiger partial charge in [0.05, 0.1) is 22.5 Å². The van der Waals surface area contributed by atoms with Crippen LogP contribution in [0.15, 0.2) is 18.2 Å². The predicted octanol–water partition coefficient (Wildman–Crippen LogP) is 2.43. The minimum absolute atomic E-state index is 0.175. The van der Waals surface area contributed by atoms with E-state index in [1.165, 1.54) is 12.8 Å². The lowest BCUT2D eigenvalue weighted by Gasteiger charge is -2.38. The van der Waals surface area contributed by atoms with Crippen LogP contribution in [0.25, 0.3) is 0 Å². The Balaban J connectivity index is 1.64. The van der Waals surface area contributed by atoms with E-state index in [1.807, 2.05) is 11.0 Å². The second kappa shape index (κ2) is 7.84. The van der Waals surface area contributed by atoms with Gasteiger partial charge < -0.3 is 15.1 Å². The van der Waals surface area contributed by atoms with Crippen LogP contribution in [0.3, 0.4) is 0 Å². The van der Waals surface area contributed by atoms with Gasteiger partial charge >= 0.3 is 0 Å². The number of amides is 1. The number of carbonyl (C=O) groups is 1. The van der Waals surface area contributed by atoms with E-state index < -0.39 is 0 Å². The number of carbonyl (C=O) groups excluding carboxylic acids is 1. The third-order valence-corrected chi connectivity index (χ3v) is 5.42. The molecule has 0 aromatic heterocycles. The zero-order chi connectivity index (χ0) is 16.2. The Labute approximate surface area is 147 Å². The molecule has 2 saturated heterocycles. The van der Waals surface area contributed by atoms with Gasteiger partial charge in [0, 0.05) is 26.2 Å². The standard InChI is InChI=1S/C17H23Cl2N3O/c18-15-4-3-13(9-16(15)19)10-17(23)22-8-5-20-11-14(22)12-21-6-1-2-7-21/h3-4,9,14,20H,1-2,5-8,10-12H2/t14-/m1/s1. The van der Waals surface area contributed by atoms with Crippen molar-refractivity contribution in [3.8, 4) is 0 Å². The van der Waals surface area contributed by atoms with Crippen LogP contribution in [0.4, 0.5) is 0 Å². The lowest BCUT2D eigenvalue weighted by atomic mass is 10.1. The molecule has 6 heteroatoms. The summed E-state index contributed by atoms with van der Waals surface area (Å²) in [5.74, 6) is 0.175. The fourth-order valence-electron chi connectivity index (χ4n) is 3.44. The third-order valence-electron chi connectivity index (χ3n) is 4.68. The summed E-state index contributed by atoms with van der Waals surface area (Å²) in [5.41, 5.74) is 0.919. The number of nitrogens with zero attached hydrogens (tertiary/aromatic N) is 2. The van der Waals surface area contributed by atoms with Gasteiger partial charge in [-0.1, -0.05) is 29.3 Å². The van der Waals surface area contributed by atoms with Crippen molar-refractivity contribution >= 4 is 29.1 Å². The van der Waals surface area contributed by atoms with Gasteiger partial charge in [-0.05, 0) is 43.6 Å². The molecule has 2 heterocycles. The van der Waals surface area contributed by atoms with Crippen molar-refractivity contribution in [3.05, 3.63) is 33.8 Å². The van der Waals surface area contributed by atoms with Crippen LogP contribution in [0.1, 0.15) is 18.4 Å². The maximum atomic E-state index is 12.8. The maximum absolute atomic E-state index is 12.8. The molecule has 0 unspecified atom stereocenters. The molecule has 0 radical (unpaired) electrons. The zero-order valence-corrected chi connectivity index (χ0v) is 14.7. The van der Waals surface area contributed by atoms with Crippen LogP contribution >= 0.6 is 23.2 Å². The largest absolute Gasteiger partial charge is 0.336 e. The molecule has 1 N–H and O–H groups in total. The first-order chi connectivity index (χ1) is 11.1. The Morgan fingerprint density at radius 3 is 2.70 bits per heavy atom. The topological polar surface area (TPSA) is 35.6 Å². The summed E-state index contributed by atoms with van der Waals surface area (Å²) in [6.45, 7) is 5.81. The molecule has 0 saturated carbocycles. The van der Waals surface area contributed by atoms with Crippen molar-refractivity contribution < 1.29 is 4.79 Å². The Hall–Kier alpha value is -0.810. The average Bonchev–Trinajstić information content (AvgIpc) is 3.04. The molecule has 2 aliphatic rings. The summed E-state index contributed by atoms with van der Waals surface area (Å²) < 4.78 is 0. The smallest absolute Gasteiger partial charge is 0.227 e. The number of hydrogen-bond acceptors (Lipinski definition) is 3. The van der Waals surface area contributed by atoms with E-state index in [0.29, 0.717) is 16.5 Å². The predicted molar refractivity (Wildman–Crippen MR) is 94.2 cm³/mol. The van der Waals surface area contributed by atoms with Crippen LogP contribution in [0.5, 0.6) is 0 Å². The summed E-state index contributed by atoms with van der Waals surface area (Å²) in [7, 11) is 0. The zero-order valence-electron chi connectivity index (χ0n) is 13.2. The van der Waals surface area contributed by atoms with Crippen molar-refractivity contribution in [3.63, 3.8) is 0 Å². The Kier molecular flexibility index (Phi) is 5.81. The highest BCUT2D eigenvalue weighted by Gasteiger charge is 2.28. The number of piperazine rings is 1. The highest BCUT2D eigenvalue weighted by Crippen LogP contribution is 2.23. The second-order valence-electron chi connectivity index (χ2n) is 6.38. The first kappa shape index (κ1) is 17.0. The van der Waals surface area contributed by atoms with E-state index in [0.717, 1.165) is 44.8 Å². The molecule has 0 spiro atoms. The molecule has 0 aliphatic carbocycles. The molecule has 2 fully saturated rings. The lowest BCUT2D eigenvalue weighted by Crippen LogP contribution is -2.57. The van der Waals surface area contributed by atoms with Gasteiger partial charge in [0.25, 0.3) is 0 Å². The lowest BCUT2D eigenvalue weighted by molar-refractivity contribution is -0.134. The second-order valence-corrected chi connectivity index (χ2v) is 7.19. The Morgan fingerprint density at radius 2 is 1.96 bits per heavy atom. The van der Waals surface area contributed by atoms with Gasteiger partial charge in [0.2, 0.25) is 5.91 Å². The molecule has 1 aromatic carbocycles. The van der Waals surface area contributed by atoms with Crippen LogP contribution < -0.4 is 5.32 Å². The minimum Gasteiger partial charge on any atom is -0.336 e. The van der Waals surface area contributed by atoms with Gasteiger partial charge in [0.1, 0.15) is 0 Å². The molecule has 126 valence electrons. The van der Waals surface area contributed by atoms with Crippen molar-refractivity contribution in [2.75, 3.05) is 39.3 Å². The van der Waals surface area contributed by atoms with Crippen molar-refractivity contribution in [1.82, 2.24) is 15.1 Å². The number of hydrogen-bond donors (Lipinski definition) is 1. The SMILES string of the molecule is O=C(Cc1ccc(Cl)c(Cl)c1)N1CCNC[C@@H]1CN1CCCC1. The molecule has 23 heavy (non-hydrogen) atoms. The monoisotopic (exact) mass is 355 g/mol. The Bertz CT molecular complexity index is 561. The number of rotatable bonds is 4. The molecule has 1 amide bonds. The maximum Gasteiger partial charge on any atom is 0.227 e. The molecule has 2 aliphatic heterocycles. The van der Waals surface area contributed by atoms with Crippen molar-refractivity contribution in [1.29, 1.82) is 0 Å². The first-order valence-electron chi connectivity index (χ1n) is 8.30. The van der Waals surface area contributed by atoms with Crippen LogP contribution in [-0.4, -0.2) is 61.0 Å². The van der Waals surface area contributed by atoms with Gasteiger partial charge in [-0.3, -0.25) is 4.79 Å². The van der Waals surface area contributed by atoms with E-state index in [1.54, 1.807) is 12.1 Å². The fraction of sp³-hybridized carbons (Fsp3) is 0.588. The summed E-state index contributed by atoms with van der Waals surface area (Å²) in [4.78, 5) is 17.3. The number of nitrogens with one attached hydrogen (secondary N) is 1. The number of benzene rings is 1. The highest BCUT2D eigenvalue weighted by atomic mass is 35.5. The molecule has 1 atom stereocenters. The van der Waals surface area contributed by atoms with Gasteiger partial charge in [0.15, 0.2) is 0 Å². The number of halogens is 2. The van der Waals surface area contributed by atoms with Crippen molar-refractivity contribution in [2.24, 2.45) is 0 Å². The quantitative estimate of drug-likeness (QED) is 0.900. The van der Waals surface area contributed by atoms with E-state index in [2.05, 4.69) is 10.2 Å². The molecule has 1 aromatic rings. The van der Waals surface area contributed by atoms with E-state index in [-0.39, 0.29) is 11.9 Å². The first-order valence-corrected chi connectivity index (χ1v) is 9.05. The van der Waals surface area contributed by atoms with Crippen molar-refractivity contribution in [2.45, 2.75) is 25.3 Å². The van der Waals surface area contributed by atoms with Crippen LogP contribution in [0, 0.1) is 0 Å². The Morgan fingerprint density at radius 1 is 1.17 bits per heavy atom. The summed E-state index contributed by atoms with van der Waals surface area (Å²) in [5, 5.41) is 4.45. The van der Waals surface area contributed by atoms with Gasteiger partial charge in [-0.25, -0.2) is 0 Å². The van der Waals surface area contributed by atoms with Crippen LogP contribution in [0.2, 0.25) is 10.0 Å².